The van der Waals surface area contributed by atoms with E-state index in [0.29, 0.717) is 30.0 Å². The first-order valence-corrected chi connectivity index (χ1v) is 8.79. The Hall–Kier alpha value is -2.24. The van der Waals surface area contributed by atoms with Crippen LogP contribution in [0.2, 0.25) is 0 Å². The van der Waals surface area contributed by atoms with Crippen LogP contribution in [0.1, 0.15) is 56.3 Å². The van der Waals surface area contributed by atoms with E-state index in [1.807, 2.05) is 18.7 Å². The Morgan fingerprint density at radius 1 is 1.28 bits per heavy atom. The predicted molar refractivity (Wildman–Crippen MR) is 94.3 cm³/mol. The number of rotatable bonds is 7. The van der Waals surface area contributed by atoms with Gasteiger partial charge in [-0.1, -0.05) is 0 Å². The summed E-state index contributed by atoms with van der Waals surface area (Å²) >= 11 is 0. The van der Waals surface area contributed by atoms with Gasteiger partial charge in [-0.15, -0.1) is 0 Å². The highest BCUT2D eigenvalue weighted by Gasteiger charge is 2.28. The molecule has 1 N–H and O–H groups in total. The number of carbonyl (C=O) groups excluding carboxylic acids is 1. The number of ether oxygens (including phenoxy) is 2. The molecule has 0 bridgehead atoms. The van der Waals surface area contributed by atoms with Crippen LogP contribution in [-0.4, -0.2) is 47.7 Å². The number of nitrogens with zero attached hydrogens (tertiary/aromatic N) is 1. The molecule has 6 heteroatoms. The molecular weight excluding hydrogens is 322 g/mol. The fourth-order valence-electron chi connectivity index (χ4n) is 3.18. The molecule has 1 unspecified atom stereocenters. The van der Waals surface area contributed by atoms with Gasteiger partial charge < -0.3 is 19.5 Å². The second kappa shape index (κ2) is 8.74. The minimum absolute atomic E-state index is 0.0120. The van der Waals surface area contributed by atoms with Gasteiger partial charge in [0.2, 0.25) is 0 Å². The van der Waals surface area contributed by atoms with Crippen molar-refractivity contribution in [2.45, 2.75) is 58.1 Å². The number of hydrogen-bond acceptors (Lipinski definition) is 4. The van der Waals surface area contributed by atoms with Crippen LogP contribution in [0.15, 0.2) is 18.2 Å². The maximum Gasteiger partial charge on any atom is 0.303 e. The number of methoxy groups -OCH3 is 1. The Labute approximate surface area is 148 Å². The number of carbonyl (C=O) groups is 2. The number of benzene rings is 1. The van der Waals surface area contributed by atoms with Crippen molar-refractivity contribution in [1.82, 2.24) is 4.90 Å². The fraction of sp³-hybridized carbons (Fsp3) is 0.579. The molecule has 1 aliphatic rings. The summed E-state index contributed by atoms with van der Waals surface area (Å²) in [4.78, 5) is 25.6. The summed E-state index contributed by atoms with van der Waals surface area (Å²) in [6, 6.07) is 5.17. The zero-order valence-electron chi connectivity index (χ0n) is 15.2. The van der Waals surface area contributed by atoms with Crippen LogP contribution in [0.3, 0.4) is 0 Å². The van der Waals surface area contributed by atoms with E-state index in [2.05, 4.69) is 0 Å². The van der Waals surface area contributed by atoms with Gasteiger partial charge in [0.1, 0.15) is 0 Å². The summed E-state index contributed by atoms with van der Waals surface area (Å²) in [5, 5.41) is 8.92. The van der Waals surface area contributed by atoms with Crippen molar-refractivity contribution < 1.29 is 24.2 Å². The van der Waals surface area contributed by atoms with Gasteiger partial charge in [0, 0.05) is 24.6 Å². The van der Waals surface area contributed by atoms with Gasteiger partial charge >= 0.3 is 5.97 Å². The van der Waals surface area contributed by atoms with Crippen molar-refractivity contribution in [3.63, 3.8) is 0 Å². The Morgan fingerprint density at radius 2 is 2.04 bits per heavy atom. The minimum atomic E-state index is -0.824. The molecule has 0 spiro atoms. The lowest BCUT2D eigenvalue weighted by Gasteiger charge is -2.35. The zero-order chi connectivity index (χ0) is 18.4. The van der Waals surface area contributed by atoms with E-state index >= 15 is 0 Å². The maximum absolute atomic E-state index is 12.9. The number of carboxylic acid groups (broad SMARTS) is 1. The van der Waals surface area contributed by atoms with Gasteiger partial charge in [-0.2, -0.15) is 0 Å². The summed E-state index contributed by atoms with van der Waals surface area (Å²) in [7, 11) is 1.55. The summed E-state index contributed by atoms with van der Waals surface area (Å²) < 4.78 is 11.0. The average molecular weight is 349 g/mol. The van der Waals surface area contributed by atoms with Crippen LogP contribution in [0.5, 0.6) is 11.5 Å². The van der Waals surface area contributed by atoms with E-state index in [4.69, 9.17) is 14.6 Å². The van der Waals surface area contributed by atoms with Gasteiger partial charge in [0.15, 0.2) is 11.5 Å². The second-order valence-corrected chi connectivity index (χ2v) is 6.61. The monoisotopic (exact) mass is 349 g/mol. The molecule has 0 aromatic heterocycles. The van der Waals surface area contributed by atoms with Gasteiger partial charge in [-0.3, -0.25) is 9.59 Å². The molecule has 1 atom stereocenters. The van der Waals surface area contributed by atoms with Gasteiger partial charge in [-0.05, 0) is 57.7 Å². The van der Waals surface area contributed by atoms with Crippen LogP contribution < -0.4 is 9.47 Å². The molecule has 1 fully saturated rings. The van der Waals surface area contributed by atoms with E-state index in [1.165, 1.54) is 0 Å². The smallest absolute Gasteiger partial charge is 0.303 e. The van der Waals surface area contributed by atoms with E-state index in [9.17, 15) is 9.59 Å². The van der Waals surface area contributed by atoms with E-state index in [1.54, 1.807) is 25.3 Å². The molecule has 0 radical (unpaired) electrons. The molecule has 1 saturated heterocycles. The highest BCUT2D eigenvalue weighted by Crippen LogP contribution is 2.31. The largest absolute Gasteiger partial charge is 0.493 e. The molecule has 0 saturated carbocycles. The summed E-state index contributed by atoms with van der Waals surface area (Å²) in [6.45, 7) is 4.52. The second-order valence-electron chi connectivity index (χ2n) is 6.61. The molecule has 138 valence electrons. The van der Waals surface area contributed by atoms with Crippen molar-refractivity contribution in [3.05, 3.63) is 23.8 Å². The Kier molecular flexibility index (Phi) is 6.67. The Bertz CT molecular complexity index is 614. The summed E-state index contributed by atoms with van der Waals surface area (Å²) in [6.07, 6.45) is 3.41. The topological polar surface area (TPSA) is 76.1 Å². The third-order valence-corrected chi connectivity index (χ3v) is 4.35. The van der Waals surface area contributed by atoms with Crippen LogP contribution in [0.4, 0.5) is 0 Å². The van der Waals surface area contributed by atoms with Crippen LogP contribution in [0, 0.1) is 0 Å². The van der Waals surface area contributed by atoms with Crippen molar-refractivity contribution in [2.24, 2.45) is 0 Å². The molecule has 1 heterocycles. The zero-order valence-corrected chi connectivity index (χ0v) is 15.2. The summed E-state index contributed by atoms with van der Waals surface area (Å²) in [5.74, 6) is 0.230. The van der Waals surface area contributed by atoms with Crippen LogP contribution >= 0.6 is 0 Å². The number of hydrogen-bond donors (Lipinski definition) is 1. The minimum Gasteiger partial charge on any atom is -0.493 e. The lowest BCUT2D eigenvalue weighted by atomic mass is 9.97. The molecule has 1 aromatic carbocycles. The van der Waals surface area contributed by atoms with E-state index in [-0.39, 0.29) is 24.5 Å². The van der Waals surface area contributed by atoms with E-state index < -0.39 is 5.97 Å². The standard InChI is InChI=1S/C19H27NO5/c1-13(2)25-16-9-7-14(12-17(16)24-3)19(23)20-11-5-4-6-15(20)8-10-18(21)22/h7,9,12-13,15H,4-6,8,10-11H2,1-3H3,(H,21,22). The number of carboxylic acids is 1. The molecule has 0 aliphatic carbocycles. The fourth-order valence-corrected chi connectivity index (χ4v) is 3.18. The Balaban J connectivity index is 2.18. The molecule has 25 heavy (non-hydrogen) atoms. The third-order valence-electron chi connectivity index (χ3n) is 4.35. The first-order chi connectivity index (χ1) is 11.9. The molecular formula is C19H27NO5. The van der Waals surface area contributed by atoms with Gasteiger partial charge in [-0.25, -0.2) is 0 Å². The molecule has 1 amide bonds. The predicted octanol–water partition coefficient (Wildman–Crippen LogP) is 3.34. The summed E-state index contributed by atoms with van der Waals surface area (Å²) in [5.41, 5.74) is 0.537. The first-order valence-electron chi connectivity index (χ1n) is 8.79. The molecule has 1 aromatic rings. The van der Waals surface area contributed by atoms with Crippen molar-refractivity contribution in [3.8, 4) is 11.5 Å². The molecule has 6 nitrogen and oxygen atoms in total. The number of amides is 1. The van der Waals surface area contributed by atoms with Gasteiger partial charge in [0.25, 0.3) is 5.91 Å². The highest BCUT2D eigenvalue weighted by molar-refractivity contribution is 5.95. The number of piperidine rings is 1. The number of aliphatic carboxylic acids is 1. The first kappa shape index (κ1) is 19.1. The quantitative estimate of drug-likeness (QED) is 0.817. The number of likely N-dealkylation sites (tertiary alicyclic amines) is 1. The average Bonchev–Trinajstić information content (AvgIpc) is 2.59. The van der Waals surface area contributed by atoms with Crippen LogP contribution in [-0.2, 0) is 4.79 Å². The maximum atomic E-state index is 12.9. The third kappa shape index (κ3) is 5.11. The Morgan fingerprint density at radius 3 is 2.68 bits per heavy atom. The van der Waals surface area contributed by atoms with Gasteiger partial charge in [0.05, 0.1) is 13.2 Å². The normalized spacial score (nSPS) is 17.4. The van der Waals surface area contributed by atoms with E-state index in [0.717, 1.165) is 19.3 Å². The highest BCUT2D eigenvalue weighted by atomic mass is 16.5. The lowest BCUT2D eigenvalue weighted by Crippen LogP contribution is -2.44. The SMILES string of the molecule is COc1cc(C(=O)N2CCCCC2CCC(=O)O)ccc1OC(C)C. The molecule has 1 aliphatic heterocycles. The molecule has 2 rings (SSSR count). The van der Waals surface area contributed by atoms with Crippen molar-refractivity contribution >= 4 is 11.9 Å². The van der Waals surface area contributed by atoms with Crippen molar-refractivity contribution in [2.75, 3.05) is 13.7 Å². The van der Waals surface area contributed by atoms with Crippen LogP contribution in [0.25, 0.3) is 0 Å². The van der Waals surface area contributed by atoms with Crippen molar-refractivity contribution in [1.29, 1.82) is 0 Å². The lowest BCUT2D eigenvalue weighted by molar-refractivity contribution is -0.137.